The first kappa shape index (κ1) is 16.0. The molecule has 2 aromatic heterocycles. The highest BCUT2D eigenvalue weighted by atomic mass is 16.1. The minimum absolute atomic E-state index is 0.0708. The average Bonchev–Trinajstić information content (AvgIpc) is 3.11. The van der Waals surface area contributed by atoms with Crippen LogP contribution >= 0.6 is 0 Å². The van der Waals surface area contributed by atoms with Crippen molar-refractivity contribution in [3.63, 3.8) is 0 Å². The summed E-state index contributed by atoms with van der Waals surface area (Å²) in [6.45, 7) is 0. The molecule has 0 saturated heterocycles. The second-order valence-electron chi connectivity index (χ2n) is 6.03. The summed E-state index contributed by atoms with van der Waals surface area (Å²) in [5.41, 5.74) is 3.26. The molecule has 6 nitrogen and oxygen atoms in total. The first-order chi connectivity index (χ1) is 12.7. The molecule has 2 aromatic carbocycles. The normalized spacial score (nSPS) is 10.8. The van der Waals surface area contributed by atoms with E-state index in [2.05, 4.69) is 15.2 Å². The summed E-state index contributed by atoms with van der Waals surface area (Å²) in [5, 5.41) is 8.84. The van der Waals surface area contributed by atoms with Crippen LogP contribution < -0.4 is 5.43 Å². The van der Waals surface area contributed by atoms with Gasteiger partial charge in [-0.15, -0.1) is 0 Å². The lowest BCUT2D eigenvalue weighted by atomic mass is 10.1. The molecule has 128 valence electrons. The van der Waals surface area contributed by atoms with Gasteiger partial charge in [0.05, 0.1) is 5.69 Å². The van der Waals surface area contributed by atoms with Gasteiger partial charge in [0.25, 0.3) is 0 Å². The Hall–Kier alpha value is -3.54. The lowest BCUT2D eigenvalue weighted by molar-refractivity contribution is 0.768. The standard InChI is InChI=1S/C20H17N5O/c1-24-14-21-20(23-24)16-7-5-6-15(12-16)13-18-19(26)10-11-25(22-18)17-8-3-2-4-9-17/h2-12,14H,13H2,1H3. The Morgan fingerprint density at radius 1 is 0.962 bits per heavy atom. The molecule has 26 heavy (non-hydrogen) atoms. The maximum absolute atomic E-state index is 12.3. The van der Waals surface area contributed by atoms with E-state index in [0.717, 1.165) is 16.8 Å². The number of aromatic nitrogens is 5. The van der Waals surface area contributed by atoms with E-state index < -0.39 is 0 Å². The van der Waals surface area contributed by atoms with Crippen molar-refractivity contribution in [2.24, 2.45) is 7.05 Å². The lowest BCUT2D eigenvalue weighted by Crippen LogP contribution is -2.16. The number of rotatable bonds is 4. The van der Waals surface area contributed by atoms with Crippen molar-refractivity contribution < 1.29 is 0 Å². The summed E-state index contributed by atoms with van der Waals surface area (Å²) in [6.07, 6.45) is 3.81. The number of aryl methyl sites for hydroxylation is 1. The van der Waals surface area contributed by atoms with Crippen molar-refractivity contribution in [2.75, 3.05) is 0 Å². The van der Waals surface area contributed by atoms with E-state index in [1.165, 1.54) is 0 Å². The molecule has 0 atom stereocenters. The molecular formula is C20H17N5O. The first-order valence-corrected chi connectivity index (χ1v) is 8.28. The van der Waals surface area contributed by atoms with E-state index in [-0.39, 0.29) is 5.43 Å². The van der Waals surface area contributed by atoms with Gasteiger partial charge in [0.15, 0.2) is 5.82 Å². The second-order valence-corrected chi connectivity index (χ2v) is 6.03. The molecule has 4 rings (SSSR count). The van der Waals surface area contributed by atoms with Gasteiger partial charge >= 0.3 is 0 Å². The predicted octanol–water partition coefficient (Wildman–Crippen LogP) is 2.62. The molecule has 0 amide bonds. The van der Waals surface area contributed by atoms with E-state index in [1.807, 2.05) is 61.6 Å². The van der Waals surface area contributed by atoms with Crippen LogP contribution in [0.1, 0.15) is 11.3 Å². The molecule has 0 spiro atoms. The van der Waals surface area contributed by atoms with Crippen LogP contribution in [-0.4, -0.2) is 24.5 Å². The van der Waals surface area contributed by atoms with Gasteiger partial charge in [0, 0.05) is 31.3 Å². The summed E-state index contributed by atoms with van der Waals surface area (Å²) in [6, 6.07) is 19.2. The summed E-state index contributed by atoms with van der Waals surface area (Å²) >= 11 is 0. The zero-order valence-electron chi connectivity index (χ0n) is 14.3. The number of benzene rings is 2. The molecule has 2 heterocycles. The quantitative estimate of drug-likeness (QED) is 0.571. The van der Waals surface area contributed by atoms with Crippen molar-refractivity contribution in [3.8, 4) is 17.1 Å². The van der Waals surface area contributed by atoms with E-state index >= 15 is 0 Å². The van der Waals surface area contributed by atoms with Crippen LogP contribution in [0.5, 0.6) is 0 Å². The van der Waals surface area contributed by atoms with Crippen LogP contribution in [0.3, 0.4) is 0 Å². The number of hydrogen-bond acceptors (Lipinski definition) is 4. The van der Waals surface area contributed by atoms with Gasteiger partial charge in [-0.1, -0.05) is 36.4 Å². The van der Waals surface area contributed by atoms with Gasteiger partial charge in [0.2, 0.25) is 5.43 Å². The smallest absolute Gasteiger partial charge is 0.203 e. The van der Waals surface area contributed by atoms with Crippen molar-refractivity contribution in [3.05, 3.63) is 94.7 Å². The highest BCUT2D eigenvalue weighted by Gasteiger charge is 2.08. The van der Waals surface area contributed by atoms with Crippen LogP contribution in [0, 0.1) is 0 Å². The molecule has 0 saturated carbocycles. The lowest BCUT2D eigenvalue weighted by Gasteiger charge is -2.08. The SMILES string of the molecule is Cn1cnc(-c2cccc(Cc3nn(-c4ccccc4)ccc3=O)c2)n1. The summed E-state index contributed by atoms with van der Waals surface area (Å²) in [4.78, 5) is 16.5. The Morgan fingerprint density at radius 3 is 2.58 bits per heavy atom. The van der Waals surface area contributed by atoms with Gasteiger partial charge in [-0.25, -0.2) is 9.67 Å². The molecule has 4 aromatic rings. The van der Waals surface area contributed by atoms with Gasteiger partial charge in [0.1, 0.15) is 12.0 Å². The minimum atomic E-state index is -0.0708. The van der Waals surface area contributed by atoms with E-state index in [4.69, 9.17) is 0 Å². The number of para-hydroxylation sites is 1. The monoisotopic (exact) mass is 343 g/mol. The van der Waals surface area contributed by atoms with Gasteiger partial charge in [-0.2, -0.15) is 10.2 Å². The summed E-state index contributed by atoms with van der Waals surface area (Å²) in [5.74, 6) is 0.664. The highest BCUT2D eigenvalue weighted by molar-refractivity contribution is 5.55. The van der Waals surface area contributed by atoms with E-state index in [1.54, 1.807) is 28.0 Å². The maximum Gasteiger partial charge on any atom is 0.203 e. The van der Waals surface area contributed by atoms with Crippen molar-refractivity contribution in [1.82, 2.24) is 24.5 Å². The molecule has 0 N–H and O–H groups in total. The fraction of sp³-hybridized carbons (Fsp3) is 0.100. The fourth-order valence-electron chi connectivity index (χ4n) is 2.78. The van der Waals surface area contributed by atoms with Gasteiger partial charge in [-0.3, -0.25) is 9.48 Å². The van der Waals surface area contributed by atoms with Gasteiger partial charge < -0.3 is 0 Å². The third-order valence-electron chi connectivity index (χ3n) is 4.06. The Morgan fingerprint density at radius 2 is 1.81 bits per heavy atom. The largest absolute Gasteiger partial charge is 0.288 e. The molecule has 0 fully saturated rings. The molecule has 0 aliphatic heterocycles. The second kappa shape index (κ2) is 6.76. The molecule has 0 bridgehead atoms. The fourth-order valence-corrected chi connectivity index (χ4v) is 2.78. The van der Waals surface area contributed by atoms with E-state index in [0.29, 0.717) is 17.9 Å². The molecule has 0 unspecified atom stereocenters. The van der Waals surface area contributed by atoms with Gasteiger partial charge in [-0.05, 0) is 23.8 Å². The summed E-state index contributed by atoms with van der Waals surface area (Å²) < 4.78 is 3.39. The Bertz CT molecular complexity index is 1100. The molecule has 0 radical (unpaired) electrons. The Kier molecular flexibility index (Phi) is 4.15. The third-order valence-corrected chi connectivity index (χ3v) is 4.06. The van der Waals surface area contributed by atoms with Crippen LogP contribution in [0.15, 0.2) is 78.0 Å². The number of nitrogens with zero attached hydrogens (tertiary/aromatic N) is 5. The van der Waals surface area contributed by atoms with Crippen LogP contribution in [-0.2, 0) is 13.5 Å². The van der Waals surface area contributed by atoms with Crippen LogP contribution in [0.2, 0.25) is 0 Å². The van der Waals surface area contributed by atoms with Crippen molar-refractivity contribution in [2.45, 2.75) is 6.42 Å². The van der Waals surface area contributed by atoms with E-state index in [9.17, 15) is 4.79 Å². The number of hydrogen-bond donors (Lipinski definition) is 0. The molecule has 0 aliphatic carbocycles. The Labute approximate surface area is 150 Å². The first-order valence-electron chi connectivity index (χ1n) is 8.28. The van der Waals surface area contributed by atoms with Crippen LogP contribution in [0.25, 0.3) is 17.1 Å². The summed E-state index contributed by atoms with van der Waals surface area (Å²) in [7, 11) is 1.83. The molecular weight excluding hydrogens is 326 g/mol. The zero-order valence-corrected chi connectivity index (χ0v) is 14.3. The van der Waals surface area contributed by atoms with Crippen molar-refractivity contribution >= 4 is 0 Å². The Balaban J connectivity index is 1.66. The topological polar surface area (TPSA) is 65.6 Å². The highest BCUT2D eigenvalue weighted by Crippen LogP contribution is 2.17. The van der Waals surface area contributed by atoms with Crippen LogP contribution in [0.4, 0.5) is 0 Å². The minimum Gasteiger partial charge on any atom is -0.288 e. The zero-order chi connectivity index (χ0) is 17.9. The maximum atomic E-state index is 12.3. The van der Waals surface area contributed by atoms with Crippen molar-refractivity contribution in [1.29, 1.82) is 0 Å². The molecule has 6 heteroatoms. The average molecular weight is 343 g/mol. The predicted molar refractivity (Wildman–Crippen MR) is 99.1 cm³/mol. The third kappa shape index (κ3) is 3.30. The molecule has 0 aliphatic rings.